The second-order valence-electron chi connectivity index (χ2n) is 5.55. The Morgan fingerprint density at radius 3 is 2.81 bits per heavy atom. The van der Waals surface area contributed by atoms with E-state index in [1.165, 1.54) is 18.7 Å². The van der Waals surface area contributed by atoms with Crippen molar-refractivity contribution in [1.29, 1.82) is 0 Å². The predicted octanol–water partition coefficient (Wildman–Crippen LogP) is 2.58. The standard InChI is InChI=1S/C18H22N2O5S/c1-12-10-14(20-25-12)11-26-16-7-5-4-6-15(16)18(22)24-13(2)17(21)19-8-9-23-3/h4-7,10,13H,8-9,11H2,1-3H3,(H,19,21)/t13-/m1/s1. The van der Waals surface area contributed by atoms with E-state index in [1.54, 1.807) is 19.2 Å². The molecule has 2 aromatic rings. The summed E-state index contributed by atoms with van der Waals surface area (Å²) in [7, 11) is 1.55. The fourth-order valence-corrected chi connectivity index (χ4v) is 3.02. The van der Waals surface area contributed by atoms with Gasteiger partial charge in [-0.15, -0.1) is 11.8 Å². The smallest absolute Gasteiger partial charge is 0.340 e. The van der Waals surface area contributed by atoms with Gasteiger partial charge in [0.25, 0.3) is 5.91 Å². The zero-order valence-corrected chi connectivity index (χ0v) is 15.8. The van der Waals surface area contributed by atoms with Gasteiger partial charge in [0.05, 0.1) is 17.9 Å². The molecular formula is C18H22N2O5S. The highest BCUT2D eigenvalue weighted by molar-refractivity contribution is 7.98. The van der Waals surface area contributed by atoms with Crippen molar-refractivity contribution in [2.24, 2.45) is 0 Å². The molecule has 0 fully saturated rings. The van der Waals surface area contributed by atoms with Crippen LogP contribution < -0.4 is 5.32 Å². The Morgan fingerprint density at radius 1 is 1.35 bits per heavy atom. The molecule has 0 radical (unpaired) electrons. The highest BCUT2D eigenvalue weighted by atomic mass is 32.2. The van der Waals surface area contributed by atoms with Crippen LogP contribution in [0.25, 0.3) is 0 Å². The molecule has 1 amide bonds. The second-order valence-corrected chi connectivity index (χ2v) is 6.56. The van der Waals surface area contributed by atoms with Gasteiger partial charge in [0.15, 0.2) is 6.10 Å². The van der Waals surface area contributed by atoms with Crippen molar-refractivity contribution in [2.45, 2.75) is 30.6 Å². The molecule has 1 heterocycles. The molecule has 8 heteroatoms. The summed E-state index contributed by atoms with van der Waals surface area (Å²) in [5.41, 5.74) is 1.20. The minimum Gasteiger partial charge on any atom is -0.449 e. The van der Waals surface area contributed by atoms with Crippen LogP contribution in [0.15, 0.2) is 39.8 Å². The molecule has 0 aliphatic rings. The molecule has 1 aromatic heterocycles. The van der Waals surface area contributed by atoms with E-state index in [2.05, 4.69) is 10.5 Å². The van der Waals surface area contributed by atoms with Crippen molar-refractivity contribution >= 4 is 23.6 Å². The summed E-state index contributed by atoms with van der Waals surface area (Å²) >= 11 is 1.45. The monoisotopic (exact) mass is 378 g/mol. The first-order chi connectivity index (χ1) is 12.5. The maximum atomic E-state index is 12.5. The zero-order valence-electron chi connectivity index (χ0n) is 15.0. The molecule has 0 saturated carbocycles. The summed E-state index contributed by atoms with van der Waals surface area (Å²) in [6.07, 6.45) is -0.893. The summed E-state index contributed by atoms with van der Waals surface area (Å²) in [4.78, 5) is 25.1. The average molecular weight is 378 g/mol. The number of nitrogens with one attached hydrogen (secondary N) is 1. The summed E-state index contributed by atoms with van der Waals surface area (Å²) in [5.74, 6) is 0.397. The van der Waals surface area contributed by atoms with Crippen molar-refractivity contribution in [3.63, 3.8) is 0 Å². The van der Waals surface area contributed by atoms with Gasteiger partial charge in [-0.25, -0.2) is 4.79 Å². The van der Waals surface area contributed by atoms with Gasteiger partial charge in [-0.05, 0) is 26.0 Å². The van der Waals surface area contributed by atoms with E-state index in [1.807, 2.05) is 25.1 Å². The Kier molecular flexibility index (Phi) is 7.68. The molecule has 0 unspecified atom stereocenters. The van der Waals surface area contributed by atoms with E-state index >= 15 is 0 Å². The number of esters is 1. The molecule has 0 aliphatic heterocycles. The Bertz CT molecular complexity index is 747. The van der Waals surface area contributed by atoms with Crippen molar-refractivity contribution in [1.82, 2.24) is 10.5 Å². The minimum atomic E-state index is -0.893. The normalized spacial score (nSPS) is 11.8. The molecule has 1 aromatic carbocycles. The van der Waals surface area contributed by atoms with E-state index in [0.717, 1.165) is 16.3 Å². The van der Waals surface area contributed by atoms with Gasteiger partial charge in [-0.2, -0.15) is 0 Å². The third-order valence-corrected chi connectivity index (χ3v) is 4.52. The molecule has 0 spiro atoms. The first-order valence-electron chi connectivity index (χ1n) is 8.13. The van der Waals surface area contributed by atoms with Gasteiger partial charge in [0.2, 0.25) is 0 Å². The van der Waals surface area contributed by atoms with Crippen molar-refractivity contribution < 1.29 is 23.6 Å². The van der Waals surface area contributed by atoms with E-state index in [0.29, 0.717) is 24.5 Å². The third-order valence-electron chi connectivity index (χ3n) is 3.42. The number of thioether (sulfide) groups is 1. The third kappa shape index (κ3) is 5.89. The number of methoxy groups -OCH3 is 1. The number of amides is 1. The van der Waals surface area contributed by atoms with Crippen molar-refractivity contribution in [2.75, 3.05) is 20.3 Å². The SMILES string of the molecule is COCCNC(=O)[C@@H](C)OC(=O)c1ccccc1SCc1cc(C)on1. The molecule has 0 bridgehead atoms. The van der Waals surface area contributed by atoms with Crippen LogP contribution in [0.1, 0.15) is 28.7 Å². The molecule has 26 heavy (non-hydrogen) atoms. The van der Waals surface area contributed by atoms with Crippen LogP contribution in [0, 0.1) is 6.92 Å². The van der Waals surface area contributed by atoms with E-state index in [9.17, 15) is 9.59 Å². The van der Waals surface area contributed by atoms with Gasteiger partial charge in [-0.3, -0.25) is 4.79 Å². The second kappa shape index (κ2) is 9.98. The quantitative estimate of drug-likeness (QED) is 0.407. The van der Waals surface area contributed by atoms with Gasteiger partial charge >= 0.3 is 5.97 Å². The van der Waals surface area contributed by atoms with Crippen molar-refractivity contribution in [3.05, 3.63) is 47.3 Å². The largest absolute Gasteiger partial charge is 0.449 e. The zero-order chi connectivity index (χ0) is 18.9. The molecular weight excluding hydrogens is 356 g/mol. The van der Waals surface area contributed by atoms with Gasteiger partial charge < -0.3 is 19.3 Å². The number of benzene rings is 1. The number of rotatable bonds is 9. The van der Waals surface area contributed by atoms with Crippen LogP contribution >= 0.6 is 11.8 Å². The van der Waals surface area contributed by atoms with Crippen LogP contribution in [-0.4, -0.2) is 43.4 Å². The predicted molar refractivity (Wildman–Crippen MR) is 97.0 cm³/mol. The molecule has 2 rings (SSSR count). The van der Waals surface area contributed by atoms with Gasteiger partial charge in [0.1, 0.15) is 5.76 Å². The van der Waals surface area contributed by atoms with E-state index in [-0.39, 0.29) is 5.91 Å². The lowest BCUT2D eigenvalue weighted by atomic mass is 10.2. The number of nitrogens with zero attached hydrogens (tertiary/aromatic N) is 1. The maximum Gasteiger partial charge on any atom is 0.340 e. The van der Waals surface area contributed by atoms with Crippen LogP contribution in [0.4, 0.5) is 0 Å². The van der Waals surface area contributed by atoms with Crippen LogP contribution in [0.3, 0.4) is 0 Å². The maximum absolute atomic E-state index is 12.5. The molecule has 0 aliphatic carbocycles. The summed E-state index contributed by atoms with van der Waals surface area (Å²) < 4.78 is 15.2. The highest BCUT2D eigenvalue weighted by Crippen LogP contribution is 2.27. The average Bonchev–Trinajstić information content (AvgIpc) is 3.05. The Hall–Kier alpha value is -2.32. The minimum absolute atomic E-state index is 0.362. The summed E-state index contributed by atoms with van der Waals surface area (Å²) in [6.45, 7) is 4.12. The number of aryl methyl sites for hydroxylation is 1. The Balaban J connectivity index is 1.96. The van der Waals surface area contributed by atoms with Crippen molar-refractivity contribution in [3.8, 4) is 0 Å². The highest BCUT2D eigenvalue weighted by Gasteiger charge is 2.20. The Morgan fingerprint density at radius 2 is 2.12 bits per heavy atom. The lowest BCUT2D eigenvalue weighted by molar-refractivity contribution is -0.129. The first kappa shape index (κ1) is 20.0. The lowest BCUT2D eigenvalue weighted by Crippen LogP contribution is -2.37. The topological polar surface area (TPSA) is 90.7 Å². The lowest BCUT2D eigenvalue weighted by Gasteiger charge is -2.14. The fraction of sp³-hybridized carbons (Fsp3) is 0.389. The number of carbonyl (C=O) groups excluding carboxylic acids is 2. The number of hydrogen-bond donors (Lipinski definition) is 1. The molecule has 1 atom stereocenters. The molecule has 0 saturated heterocycles. The van der Waals surface area contributed by atoms with E-state index in [4.69, 9.17) is 14.0 Å². The number of carbonyl (C=O) groups is 2. The molecule has 140 valence electrons. The van der Waals surface area contributed by atoms with Crippen LogP contribution in [0.5, 0.6) is 0 Å². The summed E-state index contributed by atoms with van der Waals surface area (Å²) in [5, 5.41) is 6.58. The molecule has 7 nitrogen and oxygen atoms in total. The summed E-state index contributed by atoms with van der Waals surface area (Å²) in [6, 6.07) is 8.95. The number of ether oxygens (including phenoxy) is 2. The number of hydrogen-bond acceptors (Lipinski definition) is 7. The van der Waals surface area contributed by atoms with Crippen LogP contribution in [-0.2, 0) is 20.0 Å². The van der Waals surface area contributed by atoms with Gasteiger partial charge in [0, 0.05) is 30.4 Å². The van der Waals surface area contributed by atoms with Crippen LogP contribution in [0.2, 0.25) is 0 Å². The number of aromatic nitrogens is 1. The fourth-order valence-electron chi connectivity index (χ4n) is 2.10. The Labute approximate surface area is 156 Å². The first-order valence-corrected chi connectivity index (χ1v) is 9.11. The van der Waals surface area contributed by atoms with E-state index < -0.39 is 12.1 Å². The molecule has 1 N–H and O–H groups in total. The van der Waals surface area contributed by atoms with Gasteiger partial charge in [-0.1, -0.05) is 17.3 Å².